The molecule has 8 heteroatoms. The number of nitrogens with one attached hydrogen (secondary N) is 1. The second-order valence-electron chi connectivity index (χ2n) is 10.00. The van der Waals surface area contributed by atoms with Crippen LogP contribution in [0.2, 0.25) is 0 Å². The van der Waals surface area contributed by atoms with Crippen molar-refractivity contribution in [1.82, 2.24) is 20.0 Å². The van der Waals surface area contributed by atoms with E-state index in [1.54, 1.807) is 0 Å². The third kappa shape index (κ3) is 7.43. The van der Waals surface area contributed by atoms with Crippen LogP contribution in [0.4, 0.5) is 4.79 Å². The number of carbonyl (C=O) groups is 1. The van der Waals surface area contributed by atoms with Crippen LogP contribution in [0.15, 0.2) is 4.99 Å². The predicted octanol–water partition coefficient (Wildman–Crippen LogP) is 3.39. The molecule has 3 aliphatic rings. The minimum atomic E-state index is -0.445. The molecule has 0 spiro atoms. The van der Waals surface area contributed by atoms with E-state index in [9.17, 15) is 4.79 Å². The van der Waals surface area contributed by atoms with Gasteiger partial charge in [-0.25, -0.2) is 4.79 Å². The van der Waals surface area contributed by atoms with Crippen molar-refractivity contribution in [2.24, 2.45) is 10.9 Å². The minimum absolute atomic E-state index is 0. The fourth-order valence-corrected chi connectivity index (χ4v) is 4.44. The van der Waals surface area contributed by atoms with Crippen molar-refractivity contribution in [3.63, 3.8) is 0 Å². The molecular weight excluding hydrogens is 493 g/mol. The quantitative estimate of drug-likeness (QED) is 0.333. The number of amides is 1. The highest BCUT2D eigenvalue weighted by Crippen LogP contribution is 2.32. The van der Waals surface area contributed by atoms with E-state index in [-0.39, 0.29) is 36.1 Å². The Morgan fingerprint density at radius 1 is 1.13 bits per heavy atom. The molecule has 1 aliphatic carbocycles. The summed E-state index contributed by atoms with van der Waals surface area (Å²) < 4.78 is 5.72. The maximum absolute atomic E-state index is 12.8. The van der Waals surface area contributed by atoms with Crippen molar-refractivity contribution in [2.45, 2.75) is 77.0 Å². The van der Waals surface area contributed by atoms with E-state index in [0.29, 0.717) is 12.0 Å². The van der Waals surface area contributed by atoms with Crippen LogP contribution >= 0.6 is 24.0 Å². The first-order chi connectivity index (χ1) is 13.8. The number of nitrogens with zero attached hydrogens (tertiary/aromatic N) is 4. The second-order valence-corrected chi connectivity index (χ2v) is 10.00. The zero-order valence-electron chi connectivity index (χ0n) is 19.5. The van der Waals surface area contributed by atoms with Crippen molar-refractivity contribution in [2.75, 3.05) is 46.8 Å². The van der Waals surface area contributed by atoms with E-state index in [1.165, 1.54) is 32.2 Å². The first kappa shape index (κ1) is 25.5. The lowest BCUT2D eigenvalue weighted by Crippen LogP contribution is -2.53. The molecule has 0 bridgehead atoms. The number of piperidine rings is 1. The monoisotopic (exact) mass is 535 g/mol. The number of likely N-dealkylation sites (N-methyl/N-ethyl adjacent to an activating group) is 1. The van der Waals surface area contributed by atoms with Crippen molar-refractivity contribution >= 4 is 36.0 Å². The first-order valence-electron chi connectivity index (χ1n) is 11.4. The average molecular weight is 536 g/mol. The molecule has 0 aromatic rings. The summed E-state index contributed by atoms with van der Waals surface area (Å²) in [4.78, 5) is 24.1. The molecule has 7 nitrogen and oxygen atoms in total. The molecule has 2 heterocycles. The third-order valence-corrected chi connectivity index (χ3v) is 6.36. The summed E-state index contributed by atoms with van der Waals surface area (Å²) in [5.41, 5.74) is -0.445. The van der Waals surface area contributed by atoms with Gasteiger partial charge in [0.15, 0.2) is 5.96 Å². The van der Waals surface area contributed by atoms with Crippen LogP contribution in [-0.4, -0.2) is 91.3 Å². The maximum atomic E-state index is 12.8. The van der Waals surface area contributed by atoms with Crippen LogP contribution in [0, 0.1) is 5.92 Å². The van der Waals surface area contributed by atoms with Crippen LogP contribution in [0.5, 0.6) is 0 Å². The highest BCUT2D eigenvalue weighted by Gasteiger charge is 2.35. The third-order valence-electron chi connectivity index (χ3n) is 6.36. The van der Waals surface area contributed by atoms with Crippen molar-refractivity contribution in [1.29, 1.82) is 0 Å². The van der Waals surface area contributed by atoms with Crippen molar-refractivity contribution < 1.29 is 9.53 Å². The Balaban J connectivity index is 0.00000320. The predicted molar refractivity (Wildman–Crippen MR) is 133 cm³/mol. The van der Waals surface area contributed by atoms with Crippen LogP contribution in [0.1, 0.15) is 59.3 Å². The van der Waals surface area contributed by atoms with E-state index >= 15 is 0 Å². The van der Waals surface area contributed by atoms with E-state index in [1.807, 2.05) is 32.7 Å². The van der Waals surface area contributed by atoms with Gasteiger partial charge in [0.05, 0.1) is 0 Å². The number of ether oxygens (including phenoxy) is 1. The summed E-state index contributed by atoms with van der Waals surface area (Å²) in [7, 11) is 4.08. The SMILES string of the molecule is CN=C(NCC1CCCN1C)N1CCC(N(CC2CC2)C(=O)OC(C)(C)C)CC1.I. The lowest BCUT2D eigenvalue weighted by atomic mass is 10.0. The van der Waals surface area contributed by atoms with E-state index in [2.05, 4.69) is 27.2 Å². The molecule has 1 N–H and O–H groups in total. The van der Waals surface area contributed by atoms with Gasteiger partial charge in [-0.05, 0) is 78.8 Å². The van der Waals surface area contributed by atoms with Gasteiger partial charge in [-0.3, -0.25) is 4.99 Å². The molecule has 30 heavy (non-hydrogen) atoms. The minimum Gasteiger partial charge on any atom is -0.444 e. The van der Waals surface area contributed by atoms with Gasteiger partial charge in [-0.1, -0.05) is 0 Å². The molecule has 0 aromatic heterocycles. The Morgan fingerprint density at radius 2 is 1.80 bits per heavy atom. The zero-order valence-corrected chi connectivity index (χ0v) is 21.9. The van der Waals surface area contributed by atoms with E-state index in [0.717, 1.165) is 45.0 Å². The normalized spacial score (nSPS) is 23.8. The van der Waals surface area contributed by atoms with Gasteiger partial charge in [0, 0.05) is 45.3 Å². The number of likely N-dealkylation sites (tertiary alicyclic amines) is 2. The van der Waals surface area contributed by atoms with Crippen LogP contribution < -0.4 is 5.32 Å². The first-order valence-corrected chi connectivity index (χ1v) is 11.4. The lowest BCUT2D eigenvalue weighted by molar-refractivity contribution is 0.00928. The Bertz CT molecular complexity index is 583. The molecule has 3 fully saturated rings. The van der Waals surface area contributed by atoms with Crippen molar-refractivity contribution in [3.8, 4) is 0 Å². The molecule has 1 saturated carbocycles. The Labute approximate surface area is 200 Å². The number of hydrogen-bond donors (Lipinski definition) is 1. The second kappa shape index (κ2) is 11.2. The summed E-state index contributed by atoms with van der Waals surface area (Å²) in [6, 6.07) is 0.867. The van der Waals surface area contributed by atoms with Crippen LogP contribution in [-0.2, 0) is 4.74 Å². The molecule has 1 unspecified atom stereocenters. The molecule has 2 saturated heterocycles. The molecular formula is C22H42IN5O2. The number of rotatable bonds is 5. The van der Waals surface area contributed by atoms with E-state index in [4.69, 9.17) is 4.74 Å². The van der Waals surface area contributed by atoms with Crippen LogP contribution in [0.3, 0.4) is 0 Å². The van der Waals surface area contributed by atoms with Gasteiger partial charge in [0.1, 0.15) is 5.60 Å². The lowest BCUT2D eigenvalue weighted by Gasteiger charge is -2.40. The van der Waals surface area contributed by atoms with Gasteiger partial charge >= 0.3 is 6.09 Å². The van der Waals surface area contributed by atoms with Gasteiger partial charge in [-0.15, -0.1) is 24.0 Å². The molecule has 1 atom stereocenters. The number of guanidine groups is 1. The Morgan fingerprint density at radius 3 is 2.30 bits per heavy atom. The zero-order chi connectivity index (χ0) is 21.0. The van der Waals surface area contributed by atoms with Gasteiger partial charge in [-0.2, -0.15) is 0 Å². The fourth-order valence-electron chi connectivity index (χ4n) is 4.44. The summed E-state index contributed by atoms with van der Waals surface area (Å²) in [5, 5.41) is 3.58. The average Bonchev–Trinajstić information content (AvgIpc) is 3.40. The van der Waals surface area contributed by atoms with Gasteiger partial charge < -0.3 is 24.8 Å². The number of aliphatic imine (C=N–C) groups is 1. The number of carbonyl (C=O) groups excluding carboxylic acids is 1. The maximum Gasteiger partial charge on any atom is 0.410 e. The smallest absolute Gasteiger partial charge is 0.410 e. The Hall–Kier alpha value is -0.770. The highest BCUT2D eigenvalue weighted by atomic mass is 127. The standard InChI is InChI=1S/C22H41N5O2.HI/c1-22(2,3)29-21(28)27(16-17-8-9-17)18-10-13-26(14-11-18)20(23-4)24-15-19-7-6-12-25(19)5;/h17-19H,6-16H2,1-5H3,(H,23,24);1H. The summed E-state index contributed by atoms with van der Waals surface area (Å²) in [5.74, 6) is 1.66. The number of hydrogen-bond acceptors (Lipinski definition) is 4. The highest BCUT2D eigenvalue weighted by molar-refractivity contribution is 14.0. The summed E-state index contributed by atoms with van der Waals surface area (Å²) >= 11 is 0. The molecule has 174 valence electrons. The van der Waals surface area contributed by atoms with Gasteiger partial charge in [0.2, 0.25) is 0 Å². The molecule has 3 rings (SSSR count). The molecule has 0 radical (unpaired) electrons. The molecule has 0 aromatic carbocycles. The topological polar surface area (TPSA) is 60.4 Å². The number of halogens is 1. The largest absolute Gasteiger partial charge is 0.444 e. The molecule has 1 amide bonds. The van der Waals surface area contributed by atoms with Crippen molar-refractivity contribution in [3.05, 3.63) is 0 Å². The fraction of sp³-hybridized carbons (Fsp3) is 0.909. The summed E-state index contributed by atoms with van der Waals surface area (Å²) in [6.45, 7) is 10.7. The Kier molecular flexibility index (Phi) is 9.52. The summed E-state index contributed by atoms with van der Waals surface area (Å²) in [6.07, 6.45) is 6.82. The van der Waals surface area contributed by atoms with Gasteiger partial charge in [0.25, 0.3) is 0 Å². The van der Waals surface area contributed by atoms with E-state index < -0.39 is 5.60 Å². The van der Waals surface area contributed by atoms with Crippen LogP contribution in [0.25, 0.3) is 0 Å². The molecule has 2 aliphatic heterocycles.